The van der Waals surface area contributed by atoms with E-state index in [9.17, 15) is 0 Å². The lowest BCUT2D eigenvalue weighted by atomic mass is 10.1. The summed E-state index contributed by atoms with van der Waals surface area (Å²) in [5, 5.41) is 0. The molecule has 0 aromatic carbocycles. The molecule has 1 aliphatic rings. The Morgan fingerprint density at radius 1 is 1.43 bits per heavy atom. The number of nitrogens with one attached hydrogen (secondary N) is 1. The van der Waals surface area contributed by atoms with Crippen LogP contribution in [0, 0.1) is 6.92 Å². The summed E-state index contributed by atoms with van der Waals surface area (Å²) in [5.74, 6) is 6.97. The van der Waals surface area contributed by atoms with E-state index >= 15 is 0 Å². The van der Waals surface area contributed by atoms with Gasteiger partial charge in [0.2, 0.25) is 0 Å². The molecule has 2 heterocycles. The number of hydrogen-bond donors (Lipinski definition) is 2. The van der Waals surface area contributed by atoms with Gasteiger partial charge in [-0.3, -0.25) is 0 Å². The van der Waals surface area contributed by atoms with Crippen molar-refractivity contribution in [2.24, 2.45) is 5.84 Å². The molecule has 76 valence electrons. The van der Waals surface area contributed by atoms with Crippen molar-refractivity contribution in [3.05, 3.63) is 17.1 Å². The Kier molecular flexibility index (Phi) is 2.35. The average molecular weight is 193 g/mol. The van der Waals surface area contributed by atoms with Gasteiger partial charge in [-0.25, -0.2) is 15.8 Å². The van der Waals surface area contributed by atoms with Gasteiger partial charge in [-0.1, -0.05) is 0 Å². The minimum Gasteiger partial charge on any atom is -0.308 e. The van der Waals surface area contributed by atoms with E-state index in [4.69, 9.17) is 5.84 Å². The number of anilines is 1. The van der Waals surface area contributed by atoms with E-state index in [1.807, 2.05) is 6.92 Å². The topological polar surface area (TPSA) is 67.1 Å². The van der Waals surface area contributed by atoms with Crippen molar-refractivity contribution in [2.75, 3.05) is 19.0 Å². The van der Waals surface area contributed by atoms with Crippen molar-refractivity contribution >= 4 is 5.82 Å². The first-order valence-corrected chi connectivity index (χ1v) is 4.72. The first-order chi connectivity index (χ1) is 6.70. The SMILES string of the molecule is Cc1nc2c(c(NN)n1)CCN(C)C2. The second-order valence-electron chi connectivity index (χ2n) is 3.68. The van der Waals surface area contributed by atoms with Crippen molar-refractivity contribution < 1.29 is 0 Å². The molecule has 5 nitrogen and oxygen atoms in total. The standard InChI is InChI=1S/C9H15N5/c1-6-11-8-5-14(2)4-3-7(8)9(12-6)13-10/h3-5,10H2,1-2H3,(H,11,12,13). The zero-order valence-electron chi connectivity index (χ0n) is 8.54. The number of hydrogen-bond acceptors (Lipinski definition) is 5. The largest absolute Gasteiger partial charge is 0.308 e. The highest BCUT2D eigenvalue weighted by atomic mass is 15.3. The van der Waals surface area contributed by atoms with Crippen molar-refractivity contribution in [3.63, 3.8) is 0 Å². The van der Waals surface area contributed by atoms with Gasteiger partial charge in [0.25, 0.3) is 0 Å². The van der Waals surface area contributed by atoms with Gasteiger partial charge >= 0.3 is 0 Å². The molecule has 0 saturated heterocycles. The molecule has 0 bridgehead atoms. The van der Waals surface area contributed by atoms with Gasteiger partial charge < -0.3 is 10.3 Å². The summed E-state index contributed by atoms with van der Waals surface area (Å²) in [6.07, 6.45) is 0.964. The molecule has 0 spiro atoms. The van der Waals surface area contributed by atoms with E-state index in [-0.39, 0.29) is 0 Å². The van der Waals surface area contributed by atoms with Crippen molar-refractivity contribution in [3.8, 4) is 0 Å². The molecule has 5 heteroatoms. The van der Waals surface area contributed by atoms with Gasteiger partial charge in [0.1, 0.15) is 11.6 Å². The molecule has 1 aromatic heterocycles. The molecule has 14 heavy (non-hydrogen) atoms. The lowest BCUT2D eigenvalue weighted by molar-refractivity contribution is 0.307. The van der Waals surface area contributed by atoms with Crippen LogP contribution in [0.4, 0.5) is 5.82 Å². The fraction of sp³-hybridized carbons (Fsp3) is 0.556. The first kappa shape index (κ1) is 9.36. The van der Waals surface area contributed by atoms with Gasteiger partial charge in [0.05, 0.1) is 5.69 Å². The van der Waals surface area contributed by atoms with Crippen LogP contribution in [0.5, 0.6) is 0 Å². The van der Waals surface area contributed by atoms with Gasteiger partial charge in [-0.15, -0.1) is 0 Å². The lowest BCUT2D eigenvalue weighted by Gasteiger charge is -2.25. The molecule has 0 aliphatic carbocycles. The number of nitrogens with two attached hydrogens (primary N) is 1. The van der Waals surface area contributed by atoms with Crippen LogP contribution in [0.1, 0.15) is 17.1 Å². The predicted molar refractivity (Wildman–Crippen MR) is 54.6 cm³/mol. The zero-order chi connectivity index (χ0) is 10.1. The lowest BCUT2D eigenvalue weighted by Crippen LogP contribution is -2.29. The molecule has 0 unspecified atom stereocenters. The number of nitrogen functional groups attached to an aromatic ring is 1. The van der Waals surface area contributed by atoms with E-state index in [2.05, 4.69) is 27.3 Å². The van der Waals surface area contributed by atoms with Crippen LogP contribution in [0.15, 0.2) is 0 Å². The minimum atomic E-state index is 0.770. The maximum atomic E-state index is 5.42. The summed E-state index contributed by atoms with van der Waals surface area (Å²) < 4.78 is 0. The van der Waals surface area contributed by atoms with Crippen molar-refractivity contribution in [2.45, 2.75) is 19.9 Å². The number of likely N-dealkylation sites (N-methyl/N-ethyl adjacent to an activating group) is 1. The second-order valence-corrected chi connectivity index (χ2v) is 3.68. The van der Waals surface area contributed by atoms with Crippen LogP contribution in [0.2, 0.25) is 0 Å². The molecule has 2 rings (SSSR count). The average Bonchev–Trinajstić information content (AvgIpc) is 2.15. The highest BCUT2D eigenvalue weighted by molar-refractivity contribution is 5.46. The molecular weight excluding hydrogens is 178 g/mol. The Hall–Kier alpha value is -1.20. The van der Waals surface area contributed by atoms with Crippen LogP contribution in [0.3, 0.4) is 0 Å². The fourth-order valence-corrected chi connectivity index (χ4v) is 1.80. The second kappa shape index (κ2) is 3.51. The third-order valence-corrected chi connectivity index (χ3v) is 2.50. The van der Waals surface area contributed by atoms with Crippen LogP contribution in [-0.2, 0) is 13.0 Å². The number of nitrogens with zero attached hydrogens (tertiary/aromatic N) is 3. The molecule has 0 amide bonds. The van der Waals surface area contributed by atoms with Crippen molar-refractivity contribution in [1.29, 1.82) is 0 Å². The van der Waals surface area contributed by atoms with Crippen LogP contribution < -0.4 is 11.3 Å². The number of rotatable bonds is 1. The molecular formula is C9H15N5. The molecule has 0 atom stereocenters. The van der Waals surface area contributed by atoms with Crippen molar-refractivity contribution in [1.82, 2.24) is 14.9 Å². The van der Waals surface area contributed by atoms with Gasteiger partial charge in [-0.2, -0.15) is 0 Å². The molecule has 0 radical (unpaired) electrons. The molecule has 0 fully saturated rings. The number of hydrazine groups is 1. The maximum absolute atomic E-state index is 5.42. The summed E-state index contributed by atoms with van der Waals surface area (Å²) >= 11 is 0. The van der Waals surface area contributed by atoms with Crippen LogP contribution in [0.25, 0.3) is 0 Å². The summed E-state index contributed by atoms with van der Waals surface area (Å²) in [6.45, 7) is 3.80. The normalized spacial score (nSPS) is 16.5. The van der Waals surface area contributed by atoms with Crippen LogP contribution >= 0.6 is 0 Å². The third kappa shape index (κ3) is 1.56. The summed E-state index contributed by atoms with van der Waals surface area (Å²) in [7, 11) is 2.09. The monoisotopic (exact) mass is 193 g/mol. The van der Waals surface area contributed by atoms with Gasteiger partial charge in [0, 0.05) is 18.7 Å². The summed E-state index contributed by atoms with van der Waals surface area (Å²) in [5.41, 5.74) is 4.90. The Bertz CT molecular complexity index is 349. The van der Waals surface area contributed by atoms with E-state index in [0.29, 0.717) is 0 Å². The highest BCUT2D eigenvalue weighted by Crippen LogP contribution is 2.21. The van der Waals surface area contributed by atoms with E-state index in [0.717, 1.165) is 42.4 Å². The third-order valence-electron chi connectivity index (χ3n) is 2.50. The molecule has 1 aromatic rings. The highest BCUT2D eigenvalue weighted by Gasteiger charge is 2.18. The zero-order valence-corrected chi connectivity index (χ0v) is 8.54. The first-order valence-electron chi connectivity index (χ1n) is 4.72. The maximum Gasteiger partial charge on any atom is 0.147 e. The smallest absolute Gasteiger partial charge is 0.147 e. The fourth-order valence-electron chi connectivity index (χ4n) is 1.80. The Morgan fingerprint density at radius 2 is 2.21 bits per heavy atom. The molecule has 1 aliphatic heterocycles. The molecule has 0 saturated carbocycles. The number of aryl methyl sites for hydroxylation is 1. The van der Waals surface area contributed by atoms with E-state index in [1.165, 1.54) is 0 Å². The Labute approximate surface area is 83.3 Å². The minimum absolute atomic E-state index is 0.770. The number of aromatic nitrogens is 2. The Morgan fingerprint density at radius 3 is 2.93 bits per heavy atom. The van der Waals surface area contributed by atoms with Crippen LogP contribution in [-0.4, -0.2) is 28.5 Å². The molecule has 3 N–H and O–H groups in total. The van der Waals surface area contributed by atoms with E-state index < -0.39 is 0 Å². The summed E-state index contributed by atoms with van der Waals surface area (Å²) in [4.78, 5) is 10.9. The van der Waals surface area contributed by atoms with Gasteiger partial charge in [0.15, 0.2) is 0 Å². The Balaban J connectivity index is 2.46. The van der Waals surface area contributed by atoms with E-state index in [1.54, 1.807) is 0 Å². The summed E-state index contributed by atoms with van der Waals surface area (Å²) in [6, 6.07) is 0. The van der Waals surface area contributed by atoms with Gasteiger partial charge in [-0.05, 0) is 20.4 Å². The predicted octanol–water partition coefficient (Wildman–Crippen LogP) is 0.0585. The quantitative estimate of drug-likeness (QED) is 0.487. The number of fused-ring (bicyclic) bond motifs is 1.